The molecule has 2 aromatic carbocycles. The smallest absolute Gasteiger partial charge is 0.269 e. The molecule has 2 atom stereocenters. The van der Waals surface area contributed by atoms with Crippen molar-refractivity contribution >= 4 is 40.6 Å². The van der Waals surface area contributed by atoms with E-state index in [0.717, 1.165) is 11.5 Å². The molecule has 1 heterocycles. The fourth-order valence-corrected chi connectivity index (χ4v) is 3.81. The maximum absolute atomic E-state index is 12.7. The van der Waals surface area contributed by atoms with Crippen molar-refractivity contribution in [3.63, 3.8) is 0 Å². The standard InChI is InChI=1S/C21H23ClN6O3S/c1-13(26(3)4)19-24-25-21(27(19)17-9-5-15(22)6-10-17)32-14(2)20(29)23-16-7-11-18(12-8-16)28(30)31/h5-14H,1-4H3,(H,23,29). The summed E-state index contributed by atoms with van der Waals surface area (Å²) in [5, 5.41) is 23.0. The molecule has 32 heavy (non-hydrogen) atoms. The van der Waals surface area contributed by atoms with E-state index in [4.69, 9.17) is 11.6 Å². The number of carbonyl (C=O) groups excluding carboxylic acids is 1. The Morgan fingerprint density at radius 2 is 1.75 bits per heavy atom. The quantitative estimate of drug-likeness (QED) is 0.289. The van der Waals surface area contributed by atoms with Crippen LogP contribution in [0.5, 0.6) is 0 Å². The molecule has 0 spiro atoms. The zero-order chi connectivity index (χ0) is 23.4. The number of hydrogen-bond donors (Lipinski definition) is 1. The summed E-state index contributed by atoms with van der Waals surface area (Å²) in [5.41, 5.74) is 1.28. The van der Waals surface area contributed by atoms with E-state index in [-0.39, 0.29) is 17.6 Å². The first-order valence-corrected chi connectivity index (χ1v) is 11.0. The van der Waals surface area contributed by atoms with Crippen LogP contribution in [0.2, 0.25) is 5.02 Å². The summed E-state index contributed by atoms with van der Waals surface area (Å²) in [6, 6.07) is 13.0. The molecule has 0 saturated heterocycles. The Hall–Kier alpha value is -2.95. The van der Waals surface area contributed by atoms with E-state index in [0.29, 0.717) is 15.9 Å². The Morgan fingerprint density at radius 1 is 1.12 bits per heavy atom. The Labute approximate surface area is 194 Å². The molecule has 0 fully saturated rings. The fraction of sp³-hybridized carbons (Fsp3) is 0.286. The van der Waals surface area contributed by atoms with Gasteiger partial charge >= 0.3 is 0 Å². The largest absolute Gasteiger partial charge is 0.325 e. The summed E-state index contributed by atoms with van der Waals surface area (Å²) in [6.45, 7) is 3.79. The summed E-state index contributed by atoms with van der Waals surface area (Å²) < 4.78 is 1.92. The summed E-state index contributed by atoms with van der Waals surface area (Å²) in [4.78, 5) is 25.1. The second-order valence-electron chi connectivity index (χ2n) is 7.35. The SMILES string of the molecule is CC(Sc1nnc(C(C)N(C)C)n1-c1ccc(Cl)cc1)C(=O)Nc1ccc([N+](=O)[O-])cc1. The van der Waals surface area contributed by atoms with Gasteiger partial charge in [0, 0.05) is 28.5 Å². The van der Waals surface area contributed by atoms with Crippen LogP contribution >= 0.6 is 23.4 Å². The van der Waals surface area contributed by atoms with Gasteiger partial charge < -0.3 is 5.32 Å². The highest BCUT2D eigenvalue weighted by Crippen LogP contribution is 2.30. The highest BCUT2D eigenvalue weighted by atomic mass is 35.5. The maximum Gasteiger partial charge on any atom is 0.269 e. The number of carbonyl (C=O) groups is 1. The first kappa shape index (κ1) is 23.7. The zero-order valence-corrected chi connectivity index (χ0v) is 19.6. The lowest BCUT2D eigenvalue weighted by molar-refractivity contribution is -0.384. The van der Waals surface area contributed by atoms with E-state index in [1.807, 2.05) is 42.6 Å². The van der Waals surface area contributed by atoms with Gasteiger partial charge in [0.25, 0.3) is 5.69 Å². The molecule has 0 bridgehead atoms. The van der Waals surface area contributed by atoms with Crippen molar-refractivity contribution in [2.24, 2.45) is 0 Å². The summed E-state index contributed by atoms with van der Waals surface area (Å²) in [7, 11) is 3.91. The van der Waals surface area contributed by atoms with Crippen molar-refractivity contribution in [2.75, 3.05) is 19.4 Å². The van der Waals surface area contributed by atoms with Crippen LogP contribution < -0.4 is 5.32 Å². The number of nitro groups is 1. The lowest BCUT2D eigenvalue weighted by Gasteiger charge is -2.21. The van der Waals surface area contributed by atoms with E-state index in [1.165, 1.54) is 36.0 Å². The molecule has 3 rings (SSSR count). The predicted octanol–water partition coefficient (Wildman–Crippen LogP) is 4.57. The number of halogens is 1. The van der Waals surface area contributed by atoms with E-state index in [9.17, 15) is 14.9 Å². The molecule has 0 radical (unpaired) electrons. The molecular weight excluding hydrogens is 452 g/mol. The summed E-state index contributed by atoms with van der Waals surface area (Å²) >= 11 is 7.32. The number of nitrogens with zero attached hydrogens (tertiary/aromatic N) is 5. The number of thioether (sulfide) groups is 1. The van der Waals surface area contributed by atoms with Crippen molar-refractivity contribution in [3.05, 3.63) is 69.5 Å². The Kier molecular flexibility index (Phi) is 7.49. The van der Waals surface area contributed by atoms with Crippen LogP contribution in [0.1, 0.15) is 25.7 Å². The molecule has 168 valence electrons. The monoisotopic (exact) mass is 474 g/mol. The number of anilines is 1. The van der Waals surface area contributed by atoms with Gasteiger partial charge in [-0.05, 0) is 64.3 Å². The Balaban J connectivity index is 1.83. The van der Waals surface area contributed by atoms with E-state index < -0.39 is 10.2 Å². The predicted molar refractivity (Wildman–Crippen MR) is 126 cm³/mol. The van der Waals surface area contributed by atoms with Crippen molar-refractivity contribution in [3.8, 4) is 5.69 Å². The first-order chi connectivity index (χ1) is 15.2. The number of rotatable bonds is 8. The van der Waals surface area contributed by atoms with Crippen molar-refractivity contribution < 1.29 is 9.72 Å². The third-order valence-corrected chi connectivity index (χ3v) is 6.18. The van der Waals surface area contributed by atoms with Gasteiger partial charge in [0.1, 0.15) is 0 Å². The van der Waals surface area contributed by atoms with Crippen LogP contribution in [0.25, 0.3) is 5.69 Å². The van der Waals surface area contributed by atoms with Crippen LogP contribution in [0, 0.1) is 10.1 Å². The number of nitro benzene ring substituents is 1. The van der Waals surface area contributed by atoms with E-state index in [1.54, 1.807) is 19.1 Å². The third-order valence-electron chi connectivity index (χ3n) is 4.89. The van der Waals surface area contributed by atoms with Gasteiger partial charge in [0.05, 0.1) is 16.2 Å². The molecule has 2 unspecified atom stereocenters. The topological polar surface area (TPSA) is 106 Å². The van der Waals surface area contributed by atoms with Gasteiger partial charge in [0.2, 0.25) is 5.91 Å². The Bertz CT molecular complexity index is 1100. The van der Waals surface area contributed by atoms with Gasteiger partial charge in [-0.1, -0.05) is 23.4 Å². The number of aromatic nitrogens is 3. The molecule has 1 N–H and O–H groups in total. The average Bonchev–Trinajstić information content (AvgIpc) is 3.17. The van der Waals surface area contributed by atoms with Gasteiger partial charge in [0.15, 0.2) is 11.0 Å². The highest BCUT2D eigenvalue weighted by molar-refractivity contribution is 8.00. The molecule has 9 nitrogen and oxygen atoms in total. The molecule has 11 heteroatoms. The summed E-state index contributed by atoms with van der Waals surface area (Å²) in [5.74, 6) is 0.486. The Morgan fingerprint density at radius 3 is 2.31 bits per heavy atom. The second-order valence-corrected chi connectivity index (χ2v) is 9.09. The number of nitrogens with one attached hydrogen (secondary N) is 1. The molecule has 0 aliphatic heterocycles. The van der Waals surface area contributed by atoms with Gasteiger partial charge in [-0.15, -0.1) is 10.2 Å². The number of benzene rings is 2. The minimum absolute atomic E-state index is 0.0169. The molecule has 0 aliphatic rings. The fourth-order valence-electron chi connectivity index (χ4n) is 2.81. The third kappa shape index (κ3) is 5.45. The number of amides is 1. The molecule has 3 aromatic rings. The van der Waals surface area contributed by atoms with Crippen LogP contribution in [-0.4, -0.2) is 49.8 Å². The summed E-state index contributed by atoms with van der Waals surface area (Å²) in [6.07, 6.45) is 0. The van der Waals surface area contributed by atoms with Crippen molar-refractivity contribution in [2.45, 2.75) is 30.3 Å². The average molecular weight is 475 g/mol. The minimum Gasteiger partial charge on any atom is -0.325 e. The number of non-ortho nitro benzene ring substituents is 1. The van der Waals surface area contributed by atoms with Gasteiger partial charge in [-0.3, -0.25) is 24.4 Å². The lowest BCUT2D eigenvalue weighted by atomic mass is 10.2. The zero-order valence-electron chi connectivity index (χ0n) is 18.0. The highest BCUT2D eigenvalue weighted by Gasteiger charge is 2.24. The molecule has 1 amide bonds. The van der Waals surface area contributed by atoms with Gasteiger partial charge in [-0.2, -0.15) is 0 Å². The molecule has 0 aliphatic carbocycles. The second kappa shape index (κ2) is 10.1. The maximum atomic E-state index is 12.7. The minimum atomic E-state index is -0.497. The van der Waals surface area contributed by atoms with Crippen LogP contribution in [0.4, 0.5) is 11.4 Å². The van der Waals surface area contributed by atoms with Gasteiger partial charge in [-0.25, -0.2) is 0 Å². The van der Waals surface area contributed by atoms with Crippen LogP contribution in [0.15, 0.2) is 53.7 Å². The van der Waals surface area contributed by atoms with Crippen LogP contribution in [0.3, 0.4) is 0 Å². The molecule has 0 saturated carbocycles. The van der Waals surface area contributed by atoms with Crippen molar-refractivity contribution in [1.82, 2.24) is 19.7 Å². The van der Waals surface area contributed by atoms with E-state index in [2.05, 4.69) is 15.5 Å². The first-order valence-electron chi connectivity index (χ1n) is 9.77. The molecule has 1 aromatic heterocycles. The van der Waals surface area contributed by atoms with Crippen molar-refractivity contribution in [1.29, 1.82) is 0 Å². The lowest BCUT2D eigenvalue weighted by Crippen LogP contribution is -2.23. The number of hydrogen-bond acceptors (Lipinski definition) is 7. The molecular formula is C21H23ClN6O3S. The van der Waals surface area contributed by atoms with Crippen LogP contribution in [-0.2, 0) is 4.79 Å². The van der Waals surface area contributed by atoms with E-state index >= 15 is 0 Å². The normalized spacial score (nSPS) is 13.1.